The molecule has 1 unspecified atom stereocenters. The van der Waals surface area contributed by atoms with Crippen LogP contribution >= 0.6 is 0 Å². The van der Waals surface area contributed by atoms with Crippen LogP contribution < -0.4 is 14.8 Å². The molecule has 0 spiro atoms. The predicted octanol–water partition coefficient (Wildman–Crippen LogP) is 0.966. The summed E-state index contributed by atoms with van der Waals surface area (Å²) >= 11 is 0. The van der Waals surface area contributed by atoms with Gasteiger partial charge in [-0.2, -0.15) is 0 Å². The molecule has 0 radical (unpaired) electrons. The summed E-state index contributed by atoms with van der Waals surface area (Å²) in [5.41, 5.74) is 4.62. The van der Waals surface area contributed by atoms with Crippen LogP contribution in [0.2, 0.25) is 0 Å². The zero-order valence-corrected chi connectivity index (χ0v) is 13.9. The van der Waals surface area contributed by atoms with Gasteiger partial charge in [0.2, 0.25) is 0 Å². The van der Waals surface area contributed by atoms with Crippen LogP contribution in [0.3, 0.4) is 0 Å². The van der Waals surface area contributed by atoms with Crippen LogP contribution in [-0.2, 0) is 14.8 Å². The van der Waals surface area contributed by atoms with E-state index in [2.05, 4.69) is 0 Å². The maximum Gasteiger partial charge on any atom is 0.338 e. The van der Waals surface area contributed by atoms with Gasteiger partial charge < -0.3 is 15.6 Å². The highest BCUT2D eigenvalue weighted by atomic mass is 32.2. The number of fused-ring (bicyclic) bond motifs is 1. The van der Waals surface area contributed by atoms with E-state index in [1.54, 1.807) is 12.1 Å². The fourth-order valence-corrected chi connectivity index (χ4v) is 4.04. The molecule has 3 N–H and O–H groups in total. The Morgan fingerprint density at radius 1 is 1.23 bits per heavy atom. The maximum absolute atomic E-state index is 13.6. The number of carbonyl (C=O) groups is 2. The second-order valence-corrected chi connectivity index (χ2v) is 7.32. The third-order valence-electron chi connectivity index (χ3n) is 3.81. The summed E-state index contributed by atoms with van der Waals surface area (Å²) in [6.07, 6.45) is -1.22. The Morgan fingerprint density at radius 3 is 2.58 bits per heavy atom. The number of carboxylic acid groups (broad SMARTS) is 1. The first-order valence-corrected chi connectivity index (χ1v) is 8.76. The van der Waals surface area contributed by atoms with Gasteiger partial charge in [0, 0.05) is 0 Å². The highest BCUT2D eigenvalue weighted by Gasteiger charge is 2.37. The summed E-state index contributed by atoms with van der Waals surface area (Å²) in [5, 5.41) is 9.01. The monoisotopic (exact) mass is 380 g/mol. The van der Waals surface area contributed by atoms with Crippen molar-refractivity contribution in [2.75, 3.05) is 10.8 Å². The SMILES string of the molecule is NC(=O)C1CN(S(=O)(=O)c2ccc(F)c(C(=O)O)c2)c2ccccc2O1. The molecule has 0 fully saturated rings. The fraction of sp³-hybridized carbons (Fsp3) is 0.125. The Bertz CT molecular complexity index is 1010. The number of nitrogens with two attached hydrogens (primary N) is 1. The van der Waals surface area contributed by atoms with Crippen molar-refractivity contribution in [2.45, 2.75) is 11.0 Å². The quantitative estimate of drug-likeness (QED) is 0.814. The lowest BCUT2D eigenvalue weighted by atomic mass is 10.2. The lowest BCUT2D eigenvalue weighted by Gasteiger charge is -2.34. The summed E-state index contributed by atoms with van der Waals surface area (Å²) in [5.74, 6) is -3.39. The Balaban J connectivity index is 2.13. The maximum atomic E-state index is 13.6. The molecule has 2 aromatic rings. The van der Waals surface area contributed by atoms with Crippen molar-refractivity contribution in [1.82, 2.24) is 0 Å². The molecule has 3 rings (SSSR count). The first-order valence-electron chi connectivity index (χ1n) is 7.32. The van der Waals surface area contributed by atoms with Crippen LogP contribution in [0.15, 0.2) is 47.4 Å². The molecular weight excluding hydrogens is 367 g/mol. The fourth-order valence-electron chi connectivity index (χ4n) is 2.53. The normalized spacial score (nSPS) is 16.5. The van der Waals surface area contributed by atoms with Crippen LogP contribution in [0, 0.1) is 5.82 Å². The van der Waals surface area contributed by atoms with E-state index < -0.39 is 50.8 Å². The van der Waals surface area contributed by atoms with Gasteiger partial charge in [0.15, 0.2) is 6.10 Å². The van der Waals surface area contributed by atoms with Crippen LogP contribution in [0.1, 0.15) is 10.4 Å². The predicted molar refractivity (Wildman–Crippen MR) is 87.9 cm³/mol. The number of aromatic carboxylic acids is 1. The average molecular weight is 380 g/mol. The van der Waals surface area contributed by atoms with Crippen molar-refractivity contribution in [3.63, 3.8) is 0 Å². The Morgan fingerprint density at radius 2 is 1.92 bits per heavy atom. The highest BCUT2D eigenvalue weighted by molar-refractivity contribution is 7.92. The minimum Gasteiger partial charge on any atom is -0.478 e. The number of carboxylic acids is 1. The van der Waals surface area contributed by atoms with Crippen LogP contribution in [-0.4, -0.2) is 38.0 Å². The molecule has 0 aliphatic carbocycles. The van der Waals surface area contributed by atoms with Gasteiger partial charge in [-0.1, -0.05) is 12.1 Å². The zero-order chi connectivity index (χ0) is 19.1. The molecule has 0 saturated carbocycles. The first-order chi connectivity index (χ1) is 12.2. The number of sulfonamides is 1. The zero-order valence-electron chi connectivity index (χ0n) is 13.1. The number of hydrogen-bond acceptors (Lipinski definition) is 5. The van der Waals surface area contributed by atoms with Gasteiger partial charge in [0.05, 0.1) is 22.7 Å². The summed E-state index contributed by atoms with van der Waals surface area (Å²) in [7, 11) is -4.30. The molecule has 2 aromatic carbocycles. The molecule has 10 heteroatoms. The largest absolute Gasteiger partial charge is 0.478 e. The van der Waals surface area contributed by atoms with Crippen molar-refractivity contribution in [3.05, 3.63) is 53.8 Å². The topological polar surface area (TPSA) is 127 Å². The van der Waals surface area contributed by atoms with Crippen molar-refractivity contribution >= 4 is 27.6 Å². The molecule has 1 aliphatic rings. The molecule has 0 saturated heterocycles. The molecule has 1 aliphatic heterocycles. The number of carbonyl (C=O) groups excluding carboxylic acids is 1. The number of benzene rings is 2. The van der Waals surface area contributed by atoms with Gasteiger partial charge in [-0.3, -0.25) is 9.10 Å². The van der Waals surface area contributed by atoms with Gasteiger partial charge in [0.1, 0.15) is 11.6 Å². The molecule has 136 valence electrons. The van der Waals surface area contributed by atoms with Crippen LogP contribution in [0.4, 0.5) is 10.1 Å². The third-order valence-corrected chi connectivity index (χ3v) is 5.58. The molecule has 1 heterocycles. The summed E-state index contributed by atoms with van der Waals surface area (Å²) < 4.78 is 45.9. The number of primary amides is 1. The molecule has 0 aromatic heterocycles. The van der Waals surface area contributed by atoms with Gasteiger partial charge >= 0.3 is 5.97 Å². The molecular formula is C16H13FN2O6S. The third kappa shape index (κ3) is 2.94. The Hall–Kier alpha value is -3.14. The van der Waals surface area contributed by atoms with E-state index in [9.17, 15) is 22.4 Å². The van der Waals surface area contributed by atoms with E-state index in [1.807, 2.05) is 0 Å². The number of nitrogens with zero attached hydrogens (tertiary/aromatic N) is 1. The minimum absolute atomic E-state index is 0.131. The van der Waals surface area contributed by atoms with E-state index in [0.717, 1.165) is 22.5 Å². The number of rotatable bonds is 4. The van der Waals surface area contributed by atoms with Gasteiger partial charge in [0.25, 0.3) is 15.9 Å². The molecule has 8 nitrogen and oxygen atoms in total. The number of para-hydroxylation sites is 2. The van der Waals surface area contributed by atoms with E-state index >= 15 is 0 Å². The lowest BCUT2D eigenvalue weighted by molar-refractivity contribution is -0.124. The number of anilines is 1. The van der Waals surface area contributed by atoms with E-state index in [4.69, 9.17) is 15.6 Å². The Labute approximate surface area is 147 Å². The van der Waals surface area contributed by atoms with Crippen molar-refractivity contribution in [2.24, 2.45) is 5.73 Å². The summed E-state index contributed by atoms with van der Waals surface area (Å²) in [4.78, 5) is 22.2. The average Bonchev–Trinajstić information content (AvgIpc) is 2.60. The van der Waals surface area contributed by atoms with Gasteiger partial charge in [-0.15, -0.1) is 0 Å². The standard InChI is InChI=1S/C16H13FN2O6S/c17-11-6-5-9(7-10(11)16(21)22)26(23,24)19-8-14(15(18)20)25-13-4-2-1-3-12(13)19/h1-7,14H,8H2,(H2,18,20)(H,21,22). The second-order valence-electron chi connectivity index (χ2n) is 5.46. The summed E-state index contributed by atoms with van der Waals surface area (Å²) in [6, 6.07) is 8.54. The number of hydrogen-bond donors (Lipinski definition) is 2. The molecule has 26 heavy (non-hydrogen) atoms. The minimum atomic E-state index is -4.30. The van der Waals surface area contributed by atoms with Crippen molar-refractivity contribution < 1.29 is 32.2 Å². The van der Waals surface area contributed by atoms with E-state index in [-0.39, 0.29) is 11.4 Å². The van der Waals surface area contributed by atoms with Crippen LogP contribution in [0.25, 0.3) is 0 Å². The number of halogens is 1. The van der Waals surface area contributed by atoms with E-state index in [0.29, 0.717) is 0 Å². The molecule has 0 bridgehead atoms. The second kappa shape index (κ2) is 6.30. The number of amides is 1. The van der Waals surface area contributed by atoms with Gasteiger partial charge in [-0.25, -0.2) is 17.6 Å². The smallest absolute Gasteiger partial charge is 0.338 e. The molecule has 1 atom stereocenters. The van der Waals surface area contributed by atoms with Crippen molar-refractivity contribution in [3.8, 4) is 5.75 Å². The lowest BCUT2D eigenvalue weighted by Crippen LogP contribution is -2.49. The van der Waals surface area contributed by atoms with Crippen molar-refractivity contribution in [1.29, 1.82) is 0 Å². The summed E-state index contributed by atoms with van der Waals surface area (Å²) in [6.45, 7) is -0.394. The number of ether oxygens (including phenoxy) is 1. The first kappa shape index (κ1) is 17.7. The van der Waals surface area contributed by atoms with Crippen LogP contribution in [0.5, 0.6) is 5.75 Å². The molecule has 1 amide bonds. The van der Waals surface area contributed by atoms with Gasteiger partial charge in [-0.05, 0) is 30.3 Å². The van der Waals surface area contributed by atoms with E-state index in [1.165, 1.54) is 12.1 Å². The Kier molecular flexibility index (Phi) is 4.28. The highest BCUT2D eigenvalue weighted by Crippen LogP contribution is 2.36.